The lowest BCUT2D eigenvalue weighted by molar-refractivity contribution is 0.107. The van der Waals surface area contributed by atoms with Crippen molar-refractivity contribution in [2.24, 2.45) is 0 Å². The van der Waals surface area contributed by atoms with Gasteiger partial charge in [0.25, 0.3) is 0 Å². The molecule has 31 heavy (non-hydrogen) atoms. The highest BCUT2D eigenvalue weighted by molar-refractivity contribution is 6.79. The van der Waals surface area contributed by atoms with Crippen LogP contribution in [0.3, 0.4) is 0 Å². The third-order valence-corrected chi connectivity index (χ3v) is 5.37. The van der Waals surface area contributed by atoms with Gasteiger partial charge in [-0.1, -0.05) is 109 Å². The lowest BCUT2D eigenvalue weighted by Crippen LogP contribution is -2.44. The average Bonchev–Trinajstić information content (AvgIpc) is 2.85. The Balaban J connectivity index is 1.43. The first-order valence-corrected chi connectivity index (χ1v) is 10.4. The van der Waals surface area contributed by atoms with Crippen molar-refractivity contribution in [2.75, 3.05) is 0 Å². The van der Waals surface area contributed by atoms with Gasteiger partial charge in [0.1, 0.15) is 0 Å². The molecule has 4 aromatic rings. The van der Waals surface area contributed by atoms with Crippen LogP contribution >= 0.6 is 0 Å². The molecule has 0 aromatic heterocycles. The Morgan fingerprint density at radius 3 is 1.84 bits per heavy atom. The predicted molar refractivity (Wildman–Crippen MR) is 129 cm³/mol. The Morgan fingerprint density at radius 1 is 0.548 bits per heavy atom. The van der Waals surface area contributed by atoms with Crippen molar-refractivity contribution in [2.45, 2.75) is 13.2 Å². The fraction of sp³-hybridized carbons (Fsp3) is 0.0769. The third-order valence-electron chi connectivity index (χ3n) is 5.37. The zero-order chi connectivity index (χ0) is 21.5. The Kier molecular flexibility index (Phi) is 7.00. The van der Waals surface area contributed by atoms with Crippen molar-refractivity contribution >= 4 is 35.7 Å². The minimum atomic E-state index is -0.689. The largest absolute Gasteiger partial charge is 0.443 e. The molecule has 5 heteroatoms. The first kappa shape index (κ1) is 21.1. The molecule has 0 aliphatic heterocycles. The molecule has 0 aliphatic rings. The Hall–Kier alpha value is -3.11. The van der Waals surface area contributed by atoms with Crippen molar-refractivity contribution < 1.29 is 14.8 Å². The summed E-state index contributed by atoms with van der Waals surface area (Å²) in [7, 11) is 0. The Labute approximate surface area is 184 Å². The minimum Gasteiger partial charge on any atom is -0.443 e. The van der Waals surface area contributed by atoms with Crippen molar-refractivity contribution in [1.29, 1.82) is 0 Å². The topological polar surface area (TPSA) is 49.7 Å². The molecular formula is C26H24B2O3. The molecule has 0 heterocycles. The van der Waals surface area contributed by atoms with Crippen LogP contribution in [0.15, 0.2) is 109 Å². The van der Waals surface area contributed by atoms with Crippen LogP contribution in [0.25, 0.3) is 0 Å². The second kappa shape index (κ2) is 10.3. The van der Waals surface area contributed by atoms with E-state index in [9.17, 15) is 10.0 Å². The summed E-state index contributed by atoms with van der Waals surface area (Å²) >= 11 is 0. The van der Waals surface area contributed by atoms with Gasteiger partial charge in [-0.05, 0) is 33.0 Å². The number of hydrogen-bond acceptors (Lipinski definition) is 3. The van der Waals surface area contributed by atoms with E-state index < -0.39 is 13.8 Å². The second-order valence-electron chi connectivity index (χ2n) is 7.56. The lowest BCUT2D eigenvalue weighted by atomic mass is 9.55. The van der Waals surface area contributed by atoms with E-state index in [0.29, 0.717) is 13.2 Å². The van der Waals surface area contributed by atoms with E-state index >= 15 is 0 Å². The van der Waals surface area contributed by atoms with Crippen molar-refractivity contribution in [3.05, 3.63) is 120 Å². The maximum atomic E-state index is 10.8. The van der Waals surface area contributed by atoms with Gasteiger partial charge >= 0.3 is 13.8 Å². The van der Waals surface area contributed by atoms with Gasteiger partial charge < -0.3 is 14.8 Å². The molecule has 0 aliphatic carbocycles. The summed E-state index contributed by atoms with van der Waals surface area (Å²) in [4.78, 5) is 0. The molecule has 0 atom stereocenters. The molecule has 3 nitrogen and oxygen atoms in total. The maximum absolute atomic E-state index is 10.8. The van der Waals surface area contributed by atoms with Gasteiger partial charge in [0.2, 0.25) is 0 Å². The van der Waals surface area contributed by atoms with Crippen LogP contribution in [0.5, 0.6) is 0 Å². The molecule has 0 fully saturated rings. The SMILES string of the molecule is OB(c1ccccc1)c1cccc(COCc2ccccc2B(O)c2ccccc2)c1. The maximum Gasteiger partial charge on any atom is 0.359 e. The number of ether oxygens (including phenoxy) is 1. The summed E-state index contributed by atoms with van der Waals surface area (Å²) < 4.78 is 5.98. The van der Waals surface area contributed by atoms with Gasteiger partial charge in [-0.25, -0.2) is 0 Å². The number of rotatable bonds is 8. The van der Waals surface area contributed by atoms with E-state index in [1.807, 2.05) is 109 Å². The van der Waals surface area contributed by atoms with E-state index in [4.69, 9.17) is 4.74 Å². The second-order valence-corrected chi connectivity index (χ2v) is 7.56. The van der Waals surface area contributed by atoms with Gasteiger partial charge in [0.05, 0.1) is 13.2 Å². The van der Waals surface area contributed by atoms with E-state index in [1.54, 1.807) is 0 Å². The molecule has 2 N–H and O–H groups in total. The summed E-state index contributed by atoms with van der Waals surface area (Å²) in [6, 6.07) is 34.9. The molecule has 0 amide bonds. The number of benzene rings is 4. The monoisotopic (exact) mass is 406 g/mol. The number of hydrogen-bond donors (Lipinski definition) is 2. The predicted octanol–water partition coefficient (Wildman–Crippen LogP) is 1.60. The van der Waals surface area contributed by atoms with Gasteiger partial charge in [0.15, 0.2) is 0 Å². The molecule has 0 saturated carbocycles. The van der Waals surface area contributed by atoms with Crippen LogP contribution in [0.4, 0.5) is 0 Å². The van der Waals surface area contributed by atoms with Crippen LogP contribution in [0.2, 0.25) is 0 Å². The molecule has 152 valence electrons. The summed E-state index contributed by atoms with van der Waals surface area (Å²) in [6.07, 6.45) is 0. The van der Waals surface area contributed by atoms with Crippen LogP contribution in [0.1, 0.15) is 11.1 Å². The van der Waals surface area contributed by atoms with Gasteiger partial charge in [-0.2, -0.15) is 0 Å². The summed E-state index contributed by atoms with van der Waals surface area (Å²) in [5.41, 5.74) is 5.36. The molecule has 4 rings (SSSR count). The highest BCUT2D eigenvalue weighted by atomic mass is 16.5. The van der Waals surface area contributed by atoms with Crippen LogP contribution < -0.4 is 21.9 Å². The molecule has 0 saturated heterocycles. The summed E-state index contributed by atoms with van der Waals surface area (Å²) in [6.45, 7) is -0.537. The Morgan fingerprint density at radius 2 is 1.13 bits per heavy atom. The first-order valence-electron chi connectivity index (χ1n) is 10.4. The molecule has 0 radical (unpaired) electrons. The van der Waals surface area contributed by atoms with Gasteiger partial charge in [0, 0.05) is 0 Å². The van der Waals surface area contributed by atoms with Gasteiger partial charge in [-0.3, -0.25) is 0 Å². The standard InChI is InChI=1S/C26H24B2O3/c29-27(23-12-3-1-4-13-23)25-16-9-10-21(18-25)19-31-20-22-11-7-8-17-26(22)28(30)24-14-5-2-6-15-24/h1-18,29-30H,19-20H2. The van der Waals surface area contributed by atoms with E-state index in [2.05, 4.69) is 0 Å². The lowest BCUT2D eigenvalue weighted by Gasteiger charge is -2.14. The smallest absolute Gasteiger partial charge is 0.359 e. The highest BCUT2D eigenvalue weighted by Crippen LogP contribution is 2.06. The van der Waals surface area contributed by atoms with E-state index in [-0.39, 0.29) is 0 Å². The zero-order valence-electron chi connectivity index (χ0n) is 17.3. The van der Waals surface area contributed by atoms with E-state index in [0.717, 1.165) is 33.0 Å². The van der Waals surface area contributed by atoms with Crippen LogP contribution in [-0.2, 0) is 18.0 Å². The molecular weight excluding hydrogens is 382 g/mol. The minimum absolute atomic E-state index is 0.394. The third kappa shape index (κ3) is 5.33. The van der Waals surface area contributed by atoms with Crippen molar-refractivity contribution in [3.63, 3.8) is 0 Å². The van der Waals surface area contributed by atoms with E-state index in [1.165, 1.54) is 0 Å². The average molecular weight is 406 g/mol. The Bertz CT molecular complexity index is 1100. The van der Waals surface area contributed by atoms with Crippen LogP contribution in [0, 0.1) is 0 Å². The summed E-state index contributed by atoms with van der Waals surface area (Å²) in [5.74, 6) is 0. The normalized spacial score (nSPS) is 10.6. The van der Waals surface area contributed by atoms with Crippen molar-refractivity contribution in [3.8, 4) is 0 Å². The first-order chi connectivity index (χ1) is 15.2. The molecule has 0 unspecified atom stereocenters. The summed E-state index contributed by atoms with van der Waals surface area (Å²) in [5, 5.41) is 21.5. The molecule has 4 aromatic carbocycles. The van der Waals surface area contributed by atoms with Gasteiger partial charge in [-0.15, -0.1) is 0 Å². The van der Waals surface area contributed by atoms with Crippen LogP contribution in [-0.4, -0.2) is 23.9 Å². The fourth-order valence-electron chi connectivity index (χ4n) is 3.71. The zero-order valence-corrected chi connectivity index (χ0v) is 17.3. The van der Waals surface area contributed by atoms with Crippen molar-refractivity contribution in [1.82, 2.24) is 0 Å². The molecule has 0 bridgehead atoms. The molecule has 0 spiro atoms. The highest BCUT2D eigenvalue weighted by Gasteiger charge is 2.20. The fourth-order valence-corrected chi connectivity index (χ4v) is 3.71. The quantitative estimate of drug-likeness (QED) is 0.438.